The van der Waals surface area contributed by atoms with Gasteiger partial charge in [-0.05, 0) is 13.3 Å². The van der Waals surface area contributed by atoms with E-state index in [1.165, 1.54) is 0 Å². The predicted molar refractivity (Wildman–Crippen MR) is 105 cm³/mol. The Morgan fingerprint density at radius 1 is 1.46 bits per heavy atom. The number of carbonyl (C=O) groups is 1. The van der Waals surface area contributed by atoms with Crippen LogP contribution in [0, 0.1) is 0 Å². The molecule has 140 valence electrons. The molecule has 1 unspecified atom stereocenters. The third-order valence-corrected chi connectivity index (χ3v) is 4.67. The number of likely N-dealkylation sites (tertiary alicyclic amines) is 1. The van der Waals surface area contributed by atoms with Gasteiger partial charge in [0.1, 0.15) is 0 Å². The molecule has 2 aliphatic heterocycles. The number of methoxy groups -OCH3 is 1. The van der Waals surface area contributed by atoms with Gasteiger partial charge >= 0.3 is 0 Å². The van der Waals surface area contributed by atoms with Crippen LogP contribution in [0.4, 0.5) is 0 Å². The zero-order valence-corrected chi connectivity index (χ0v) is 17.3. The van der Waals surface area contributed by atoms with Gasteiger partial charge in [-0.15, -0.1) is 24.0 Å². The van der Waals surface area contributed by atoms with Gasteiger partial charge in [0.2, 0.25) is 5.91 Å². The number of nitrogens with one attached hydrogen (secondary N) is 2. The molecular weight excluding hydrogens is 423 g/mol. The van der Waals surface area contributed by atoms with Crippen molar-refractivity contribution in [3.05, 3.63) is 0 Å². The van der Waals surface area contributed by atoms with Crippen molar-refractivity contribution in [2.45, 2.75) is 44.2 Å². The zero-order chi connectivity index (χ0) is 16.7. The Morgan fingerprint density at radius 3 is 2.75 bits per heavy atom. The van der Waals surface area contributed by atoms with Crippen LogP contribution in [0.15, 0.2) is 4.99 Å². The molecule has 0 aliphatic carbocycles. The molecule has 2 aliphatic rings. The molecule has 2 rings (SSSR count). The summed E-state index contributed by atoms with van der Waals surface area (Å²) in [7, 11) is 3.60. The minimum Gasteiger partial charge on any atom is -0.381 e. The number of rotatable bonds is 5. The molecule has 0 bridgehead atoms. The molecule has 2 fully saturated rings. The maximum atomic E-state index is 11.6. The van der Waals surface area contributed by atoms with E-state index in [4.69, 9.17) is 14.5 Å². The molecule has 0 aromatic rings. The van der Waals surface area contributed by atoms with Gasteiger partial charge in [0.05, 0.1) is 12.1 Å². The van der Waals surface area contributed by atoms with E-state index < -0.39 is 0 Å². The van der Waals surface area contributed by atoms with Crippen LogP contribution in [0.5, 0.6) is 0 Å². The largest absolute Gasteiger partial charge is 0.381 e. The average Bonchev–Trinajstić information content (AvgIpc) is 2.57. The Hall–Kier alpha value is -0.610. The van der Waals surface area contributed by atoms with Crippen molar-refractivity contribution in [2.75, 3.05) is 47.0 Å². The van der Waals surface area contributed by atoms with E-state index in [9.17, 15) is 4.79 Å². The predicted octanol–water partition coefficient (Wildman–Crippen LogP) is 0.976. The fourth-order valence-corrected chi connectivity index (χ4v) is 3.04. The van der Waals surface area contributed by atoms with Crippen LogP contribution in [-0.2, 0) is 14.3 Å². The van der Waals surface area contributed by atoms with E-state index in [1.54, 1.807) is 12.0 Å². The zero-order valence-electron chi connectivity index (χ0n) is 15.0. The molecule has 24 heavy (non-hydrogen) atoms. The SMILES string of the molecule is CCNC(=NCC1(OC)CCOCC1)NC1CCC(=O)N(C)C1.I. The lowest BCUT2D eigenvalue weighted by molar-refractivity contribution is -0.132. The number of ether oxygens (including phenoxy) is 2. The van der Waals surface area contributed by atoms with Crippen molar-refractivity contribution in [3.63, 3.8) is 0 Å². The second-order valence-corrected chi connectivity index (χ2v) is 6.35. The van der Waals surface area contributed by atoms with Gasteiger partial charge in [-0.3, -0.25) is 9.79 Å². The van der Waals surface area contributed by atoms with Gasteiger partial charge in [-0.1, -0.05) is 0 Å². The maximum Gasteiger partial charge on any atom is 0.222 e. The first kappa shape index (κ1) is 21.4. The molecular formula is C16H31IN4O3. The summed E-state index contributed by atoms with van der Waals surface area (Å²) in [5.74, 6) is 1.01. The monoisotopic (exact) mass is 454 g/mol. The second kappa shape index (κ2) is 10.4. The lowest BCUT2D eigenvalue weighted by Crippen LogP contribution is -2.52. The van der Waals surface area contributed by atoms with Crippen LogP contribution in [-0.4, -0.2) is 75.4 Å². The summed E-state index contributed by atoms with van der Waals surface area (Å²) in [6, 6.07) is 0.240. The highest BCUT2D eigenvalue weighted by atomic mass is 127. The molecule has 1 atom stereocenters. The topological polar surface area (TPSA) is 75.2 Å². The van der Waals surface area contributed by atoms with Crippen LogP contribution in [0.25, 0.3) is 0 Å². The summed E-state index contributed by atoms with van der Waals surface area (Å²) in [5.41, 5.74) is -0.222. The summed E-state index contributed by atoms with van der Waals surface area (Å²) < 4.78 is 11.2. The van der Waals surface area contributed by atoms with E-state index in [0.717, 1.165) is 45.0 Å². The van der Waals surface area contributed by atoms with E-state index >= 15 is 0 Å². The molecule has 2 N–H and O–H groups in total. The van der Waals surface area contributed by atoms with Gasteiger partial charge in [-0.2, -0.15) is 0 Å². The molecule has 0 spiro atoms. The summed E-state index contributed by atoms with van der Waals surface area (Å²) in [4.78, 5) is 18.1. The van der Waals surface area contributed by atoms with Crippen LogP contribution in [0.1, 0.15) is 32.6 Å². The van der Waals surface area contributed by atoms with E-state index in [2.05, 4.69) is 10.6 Å². The fourth-order valence-electron chi connectivity index (χ4n) is 3.04. The number of guanidine groups is 1. The summed E-state index contributed by atoms with van der Waals surface area (Å²) >= 11 is 0. The third kappa shape index (κ3) is 6.03. The lowest BCUT2D eigenvalue weighted by atomic mass is 9.94. The Balaban J connectivity index is 0.00000288. The summed E-state index contributed by atoms with van der Waals surface area (Å²) in [6.07, 6.45) is 3.17. The summed E-state index contributed by atoms with van der Waals surface area (Å²) in [6.45, 7) is 5.63. The van der Waals surface area contributed by atoms with E-state index in [-0.39, 0.29) is 41.5 Å². The minimum atomic E-state index is -0.222. The Labute approximate surface area is 161 Å². The number of nitrogens with zero attached hydrogens (tertiary/aromatic N) is 2. The van der Waals surface area contributed by atoms with Crippen molar-refractivity contribution in [2.24, 2.45) is 4.99 Å². The molecule has 2 heterocycles. The van der Waals surface area contributed by atoms with Crippen molar-refractivity contribution >= 4 is 35.8 Å². The van der Waals surface area contributed by atoms with Crippen LogP contribution in [0.2, 0.25) is 0 Å². The van der Waals surface area contributed by atoms with Crippen LogP contribution < -0.4 is 10.6 Å². The molecule has 1 amide bonds. The van der Waals surface area contributed by atoms with Crippen molar-refractivity contribution in [1.29, 1.82) is 0 Å². The number of piperidine rings is 1. The molecule has 8 heteroatoms. The van der Waals surface area contributed by atoms with Gasteiger partial charge in [0.15, 0.2) is 5.96 Å². The number of likely N-dealkylation sites (N-methyl/N-ethyl adjacent to an activating group) is 1. The normalized spacial score (nSPS) is 24.3. The van der Waals surface area contributed by atoms with Gasteiger partial charge in [0, 0.05) is 65.8 Å². The van der Waals surface area contributed by atoms with Gasteiger partial charge in [0.25, 0.3) is 0 Å². The molecule has 0 saturated carbocycles. The molecule has 0 aromatic heterocycles. The Morgan fingerprint density at radius 2 is 2.17 bits per heavy atom. The maximum absolute atomic E-state index is 11.6. The van der Waals surface area contributed by atoms with Crippen LogP contribution in [0.3, 0.4) is 0 Å². The number of hydrogen-bond donors (Lipinski definition) is 2. The highest BCUT2D eigenvalue weighted by Crippen LogP contribution is 2.24. The van der Waals surface area contributed by atoms with Crippen molar-refractivity contribution < 1.29 is 14.3 Å². The first-order valence-electron chi connectivity index (χ1n) is 8.50. The van der Waals surface area contributed by atoms with Crippen molar-refractivity contribution in [3.8, 4) is 0 Å². The number of amides is 1. The highest BCUT2D eigenvalue weighted by molar-refractivity contribution is 14.0. The second-order valence-electron chi connectivity index (χ2n) is 6.35. The fraction of sp³-hybridized carbons (Fsp3) is 0.875. The Bertz CT molecular complexity index is 428. The van der Waals surface area contributed by atoms with E-state index in [1.807, 2.05) is 14.0 Å². The average molecular weight is 454 g/mol. The first-order chi connectivity index (χ1) is 11.1. The molecule has 7 nitrogen and oxygen atoms in total. The first-order valence-corrected chi connectivity index (χ1v) is 8.50. The van der Waals surface area contributed by atoms with Gasteiger partial charge < -0.3 is 25.0 Å². The summed E-state index contributed by atoms with van der Waals surface area (Å²) in [5, 5.41) is 6.73. The van der Waals surface area contributed by atoms with Crippen LogP contribution >= 0.6 is 24.0 Å². The Kier molecular flexibility index (Phi) is 9.28. The standard InChI is InChI=1S/C16H30N4O3.HI/c1-4-17-15(19-13-5-6-14(21)20(2)11-13)18-12-16(22-3)7-9-23-10-8-16;/h13H,4-12H2,1-3H3,(H2,17,18,19);1H. The molecule has 2 saturated heterocycles. The highest BCUT2D eigenvalue weighted by Gasteiger charge is 2.32. The quantitative estimate of drug-likeness (QED) is 0.368. The molecule has 0 aromatic carbocycles. The number of aliphatic imine (C=N–C) groups is 1. The van der Waals surface area contributed by atoms with Crippen molar-refractivity contribution in [1.82, 2.24) is 15.5 Å². The molecule has 0 radical (unpaired) electrons. The number of hydrogen-bond acceptors (Lipinski definition) is 4. The lowest BCUT2D eigenvalue weighted by Gasteiger charge is -2.35. The number of carbonyl (C=O) groups excluding carboxylic acids is 1. The third-order valence-electron chi connectivity index (χ3n) is 4.67. The minimum absolute atomic E-state index is 0. The number of halogens is 1. The van der Waals surface area contributed by atoms with Gasteiger partial charge in [-0.25, -0.2) is 0 Å². The van der Waals surface area contributed by atoms with E-state index in [0.29, 0.717) is 19.5 Å². The smallest absolute Gasteiger partial charge is 0.222 e.